The molecule has 1 aliphatic heterocycles. The zero-order chi connectivity index (χ0) is 22.7. The number of nitrogens with one attached hydrogen (secondary N) is 2. The smallest absolute Gasteiger partial charge is 0.253 e. The van der Waals surface area contributed by atoms with Gasteiger partial charge < -0.3 is 10.3 Å². The molecule has 168 valence electrons. The number of imidazole rings is 1. The van der Waals surface area contributed by atoms with Crippen molar-refractivity contribution in [3.05, 3.63) is 71.1 Å². The minimum atomic E-state index is -3.65. The summed E-state index contributed by atoms with van der Waals surface area (Å²) in [4.78, 5) is 20.8. The summed E-state index contributed by atoms with van der Waals surface area (Å²) in [7, 11) is -3.65. The lowest BCUT2D eigenvalue weighted by Crippen LogP contribution is -2.30. The fraction of sp³-hybridized carbons (Fsp3) is 0.304. The van der Waals surface area contributed by atoms with Crippen LogP contribution in [0.3, 0.4) is 0 Å². The van der Waals surface area contributed by atoms with Crippen molar-refractivity contribution in [3.8, 4) is 11.3 Å². The van der Waals surface area contributed by atoms with Crippen LogP contribution in [0.1, 0.15) is 48.4 Å². The van der Waals surface area contributed by atoms with Crippen LogP contribution in [-0.4, -0.2) is 41.7 Å². The molecule has 2 heterocycles. The number of halogens is 1. The SMILES string of the molecule is CCC(NC(=O)c1cc(S(=O)(=O)N2CCCC2)ccc1Cl)c1ncc(-c2ccccc2)[nH]1. The molecule has 4 rings (SSSR count). The predicted molar refractivity (Wildman–Crippen MR) is 124 cm³/mol. The first kappa shape index (κ1) is 22.5. The van der Waals surface area contributed by atoms with Gasteiger partial charge in [-0.2, -0.15) is 4.31 Å². The Labute approximate surface area is 192 Å². The van der Waals surface area contributed by atoms with Crippen LogP contribution in [0.25, 0.3) is 11.3 Å². The molecule has 1 aliphatic rings. The summed E-state index contributed by atoms with van der Waals surface area (Å²) in [6.45, 7) is 2.92. The number of aromatic amines is 1. The van der Waals surface area contributed by atoms with E-state index in [9.17, 15) is 13.2 Å². The molecule has 1 atom stereocenters. The normalized spacial score (nSPS) is 15.6. The molecule has 1 aromatic heterocycles. The van der Waals surface area contributed by atoms with Crippen molar-refractivity contribution in [1.29, 1.82) is 0 Å². The Balaban J connectivity index is 1.56. The summed E-state index contributed by atoms with van der Waals surface area (Å²) in [5.74, 6) is 0.176. The third-order valence-electron chi connectivity index (χ3n) is 5.61. The van der Waals surface area contributed by atoms with Crippen LogP contribution in [0.15, 0.2) is 59.6 Å². The number of benzene rings is 2. The third-order valence-corrected chi connectivity index (χ3v) is 7.83. The largest absolute Gasteiger partial charge is 0.342 e. The van der Waals surface area contributed by atoms with E-state index >= 15 is 0 Å². The van der Waals surface area contributed by atoms with Gasteiger partial charge in [-0.1, -0.05) is 48.9 Å². The van der Waals surface area contributed by atoms with E-state index in [1.165, 1.54) is 22.5 Å². The molecular formula is C23H25ClN4O3S. The van der Waals surface area contributed by atoms with Gasteiger partial charge in [-0.15, -0.1) is 0 Å². The van der Waals surface area contributed by atoms with Crippen molar-refractivity contribution < 1.29 is 13.2 Å². The quantitative estimate of drug-likeness (QED) is 0.533. The Kier molecular flexibility index (Phi) is 6.64. The molecule has 0 spiro atoms. The summed E-state index contributed by atoms with van der Waals surface area (Å²) in [5, 5.41) is 3.12. The molecule has 32 heavy (non-hydrogen) atoms. The van der Waals surface area contributed by atoms with Crippen LogP contribution in [0.2, 0.25) is 5.02 Å². The van der Waals surface area contributed by atoms with Gasteiger partial charge in [0.1, 0.15) is 5.82 Å². The molecular weight excluding hydrogens is 448 g/mol. The number of carbonyl (C=O) groups excluding carboxylic acids is 1. The fourth-order valence-corrected chi connectivity index (χ4v) is 5.54. The highest BCUT2D eigenvalue weighted by Gasteiger charge is 2.28. The molecule has 7 nitrogen and oxygen atoms in total. The molecule has 1 fully saturated rings. The Hall–Kier alpha value is -2.68. The summed E-state index contributed by atoms with van der Waals surface area (Å²) in [6, 6.07) is 13.7. The average molecular weight is 473 g/mol. The summed E-state index contributed by atoms with van der Waals surface area (Å²) >= 11 is 6.26. The number of aromatic nitrogens is 2. The van der Waals surface area contributed by atoms with Crippen molar-refractivity contribution in [2.24, 2.45) is 0 Å². The molecule has 2 N–H and O–H groups in total. The maximum atomic E-state index is 13.0. The monoisotopic (exact) mass is 472 g/mol. The highest BCUT2D eigenvalue weighted by molar-refractivity contribution is 7.89. The van der Waals surface area contributed by atoms with Crippen LogP contribution in [0.4, 0.5) is 0 Å². The van der Waals surface area contributed by atoms with Gasteiger partial charge >= 0.3 is 0 Å². The second-order valence-electron chi connectivity index (χ2n) is 7.74. The first-order valence-electron chi connectivity index (χ1n) is 10.6. The first-order valence-corrected chi connectivity index (χ1v) is 12.4. The molecule has 1 unspecified atom stereocenters. The molecule has 0 saturated carbocycles. The third kappa shape index (κ3) is 4.57. The Morgan fingerprint density at radius 2 is 1.91 bits per heavy atom. The van der Waals surface area contributed by atoms with Crippen molar-refractivity contribution in [2.75, 3.05) is 13.1 Å². The topological polar surface area (TPSA) is 95.2 Å². The summed E-state index contributed by atoms with van der Waals surface area (Å²) in [6.07, 6.45) is 4.01. The molecule has 3 aromatic rings. The second kappa shape index (κ2) is 9.44. The van der Waals surface area contributed by atoms with E-state index in [0.717, 1.165) is 24.1 Å². The Morgan fingerprint density at radius 1 is 1.19 bits per heavy atom. The molecule has 1 amide bonds. The number of H-pyrrole nitrogens is 1. The highest BCUT2D eigenvalue weighted by Crippen LogP contribution is 2.26. The number of nitrogens with zero attached hydrogens (tertiary/aromatic N) is 2. The van der Waals surface area contributed by atoms with Gasteiger partial charge in [-0.05, 0) is 43.0 Å². The minimum absolute atomic E-state index is 0.0753. The summed E-state index contributed by atoms with van der Waals surface area (Å²) in [5.41, 5.74) is 1.97. The maximum Gasteiger partial charge on any atom is 0.253 e. The molecule has 9 heteroatoms. The molecule has 0 bridgehead atoms. The number of hydrogen-bond donors (Lipinski definition) is 2. The number of amides is 1. The van der Waals surface area contributed by atoms with Crippen LogP contribution in [0, 0.1) is 0 Å². The zero-order valence-corrected chi connectivity index (χ0v) is 19.3. The van der Waals surface area contributed by atoms with Crippen LogP contribution < -0.4 is 5.32 Å². The van der Waals surface area contributed by atoms with Gasteiger partial charge in [0.15, 0.2) is 0 Å². The van der Waals surface area contributed by atoms with Gasteiger partial charge in [-0.3, -0.25) is 4.79 Å². The van der Waals surface area contributed by atoms with E-state index < -0.39 is 15.9 Å². The van der Waals surface area contributed by atoms with Gasteiger partial charge in [0.05, 0.1) is 33.4 Å². The van der Waals surface area contributed by atoms with Crippen LogP contribution >= 0.6 is 11.6 Å². The number of carbonyl (C=O) groups is 1. The lowest BCUT2D eigenvalue weighted by Gasteiger charge is -2.18. The van der Waals surface area contributed by atoms with E-state index in [2.05, 4.69) is 15.3 Å². The molecule has 2 aromatic carbocycles. The molecule has 0 aliphatic carbocycles. The standard InChI is InChI=1S/C23H25ClN4O3S/c1-2-20(22-25-15-21(26-22)16-8-4-3-5-9-16)27-23(29)18-14-17(10-11-19(18)24)32(30,31)28-12-6-7-13-28/h3-5,8-11,14-15,20H,2,6-7,12-13H2,1H3,(H,25,26)(H,27,29). The van der Waals surface area contributed by atoms with Crippen LogP contribution in [0.5, 0.6) is 0 Å². The van der Waals surface area contributed by atoms with Crippen molar-refractivity contribution in [1.82, 2.24) is 19.6 Å². The van der Waals surface area contributed by atoms with Gasteiger partial charge in [-0.25, -0.2) is 13.4 Å². The number of hydrogen-bond acceptors (Lipinski definition) is 4. The average Bonchev–Trinajstić information content (AvgIpc) is 3.51. The Morgan fingerprint density at radius 3 is 2.59 bits per heavy atom. The molecule has 1 saturated heterocycles. The lowest BCUT2D eigenvalue weighted by molar-refractivity contribution is 0.0934. The van der Waals surface area contributed by atoms with E-state index in [-0.39, 0.29) is 21.5 Å². The van der Waals surface area contributed by atoms with Gasteiger partial charge in [0, 0.05) is 13.1 Å². The highest BCUT2D eigenvalue weighted by atomic mass is 35.5. The molecule has 0 radical (unpaired) electrons. The number of rotatable bonds is 7. The van der Waals surface area contributed by atoms with Gasteiger partial charge in [0.2, 0.25) is 10.0 Å². The van der Waals surface area contributed by atoms with E-state index in [1.807, 2.05) is 37.3 Å². The van der Waals surface area contributed by atoms with E-state index in [1.54, 1.807) is 6.20 Å². The second-order valence-corrected chi connectivity index (χ2v) is 10.1. The van der Waals surface area contributed by atoms with Crippen molar-refractivity contribution in [2.45, 2.75) is 37.1 Å². The van der Waals surface area contributed by atoms with Crippen LogP contribution in [-0.2, 0) is 10.0 Å². The summed E-state index contributed by atoms with van der Waals surface area (Å²) < 4.78 is 27.2. The van der Waals surface area contributed by atoms with Crippen molar-refractivity contribution in [3.63, 3.8) is 0 Å². The number of sulfonamides is 1. The maximum absolute atomic E-state index is 13.0. The minimum Gasteiger partial charge on any atom is -0.342 e. The zero-order valence-electron chi connectivity index (χ0n) is 17.7. The fourth-order valence-electron chi connectivity index (χ4n) is 3.79. The van der Waals surface area contributed by atoms with Crippen molar-refractivity contribution >= 4 is 27.5 Å². The predicted octanol–water partition coefficient (Wildman–Crippen LogP) is 4.40. The lowest BCUT2D eigenvalue weighted by atomic mass is 10.1. The van der Waals surface area contributed by atoms with E-state index in [0.29, 0.717) is 25.3 Å². The van der Waals surface area contributed by atoms with Gasteiger partial charge in [0.25, 0.3) is 5.91 Å². The first-order chi connectivity index (χ1) is 15.4. The Bertz CT molecular complexity index is 1200. The van der Waals surface area contributed by atoms with E-state index in [4.69, 9.17) is 11.6 Å².